The summed E-state index contributed by atoms with van der Waals surface area (Å²) < 4.78 is 138. The van der Waals surface area contributed by atoms with Gasteiger partial charge < -0.3 is 70.7 Å². The summed E-state index contributed by atoms with van der Waals surface area (Å²) in [6.45, 7) is 7.46. The zero-order valence-corrected chi connectivity index (χ0v) is 70.7. The highest BCUT2D eigenvalue weighted by atomic mass is 35.5. The third kappa shape index (κ3) is 20.9. The van der Waals surface area contributed by atoms with Gasteiger partial charge in [0.2, 0.25) is 23.6 Å². The summed E-state index contributed by atoms with van der Waals surface area (Å²) in [4.78, 5) is 120. The van der Waals surface area contributed by atoms with Gasteiger partial charge in [0.25, 0.3) is 0 Å². The maximum atomic E-state index is 14.7. The van der Waals surface area contributed by atoms with Gasteiger partial charge in [-0.1, -0.05) is 53.3 Å². The van der Waals surface area contributed by atoms with Crippen LogP contribution >= 0.6 is 46.4 Å². The van der Waals surface area contributed by atoms with E-state index in [0.717, 1.165) is 34.3 Å². The number of amides is 4. The predicted octanol–water partition coefficient (Wildman–Crippen LogP) is 16.6. The van der Waals surface area contributed by atoms with Crippen LogP contribution in [-0.2, 0) is 19.2 Å². The van der Waals surface area contributed by atoms with Crippen molar-refractivity contribution in [1.82, 2.24) is 101 Å². The van der Waals surface area contributed by atoms with Gasteiger partial charge >= 0.3 is 18.5 Å². The number of halogens is 14. The molecule has 0 radical (unpaired) electrons. The molecule has 13 aromatic rings. The highest BCUT2D eigenvalue weighted by Crippen LogP contribution is 2.41. The topological polar surface area (TPSA) is 374 Å². The number of nitrogens with one attached hydrogen (secondary N) is 9. The van der Waals surface area contributed by atoms with Crippen molar-refractivity contribution in [1.29, 1.82) is 0 Å². The Labute approximate surface area is 729 Å². The molecule has 0 aliphatic carbocycles. The molecule has 0 saturated carbocycles. The number of hydrogen-bond donors (Lipinski definition) is 9. The molecule has 15 heterocycles. The molecule has 3 saturated heterocycles. The number of benzene rings is 1. The van der Waals surface area contributed by atoms with Crippen LogP contribution in [-0.4, -0.2) is 204 Å². The van der Waals surface area contributed by atoms with Gasteiger partial charge in [-0.2, -0.15) is 39.5 Å². The van der Waals surface area contributed by atoms with Gasteiger partial charge in [-0.25, -0.2) is 64.2 Å². The lowest BCUT2D eigenvalue weighted by molar-refractivity contribution is -0.139. The van der Waals surface area contributed by atoms with E-state index in [9.17, 15) is 63.1 Å². The number of anilines is 4. The summed E-state index contributed by atoms with van der Waals surface area (Å²) in [6, 6.07) is 11.0. The number of carbonyl (C=O) groups is 4. The van der Waals surface area contributed by atoms with Gasteiger partial charge in [-0.15, -0.1) is 0 Å². The van der Waals surface area contributed by atoms with Gasteiger partial charge in [0, 0.05) is 146 Å². The van der Waals surface area contributed by atoms with Crippen LogP contribution in [0.1, 0.15) is 90.8 Å². The summed E-state index contributed by atoms with van der Waals surface area (Å²) in [6.07, 6.45) is 7.32. The summed E-state index contributed by atoms with van der Waals surface area (Å²) in [5.41, 5.74) is 4.78. The fourth-order valence-corrected chi connectivity index (χ4v) is 15.6. The van der Waals surface area contributed by atoms with E-state index in [-0.39, 0.29) is 46.4 Å². The second-order valence-electron chi connectivity index (χ2n) is 29.8. The van der Waals surface area contributed by atoms with E-state index in [0.29, 0.717) is 161 Å². The lowest BCUT2D eigenvalue weighted by Crippen LogP contribution is -2.48. The molecular formula is C81H86Cl4F10N24O6. The second kappa shape index (κ2) is 37.6. The first-order valence-corrected chi connectivity index (χ1v) is 40.5. The fourth-order valence-electron chi connectivity index (χ4n) is 15.0. The molecule has 3 aliphatic heterocycles. The first-order chi connectivity index (χ1) is 59.4. The number of ether oxygens (including phenoxy) is 2. The third-order valence-corrected chi connectivity index (χ3v) is 21.7. The molecule has 4 amide bonds. The van der Waals surface area contributed by atoms with Crippen LogP contribution in [0.3, 0.4) is 0 Å². The van der Waals surface area contributed by atoms with Gasteiger partial charge in [0.15, 0.2) is 46.4 Å². The molecule has 9 N–H and O–H groups in total. The molecule has 16 rings (SSSR count). The first-order valence-electron chi connectivity index (χ1n) is 39.0. The zero-order chi connectivity index (χ0) is 89.7. The van der Waals surface area contributed by atoms with Crippen LogP contribution in [0.2, 0.25) is 20.1 Å². The van der Waals surface area contributed by atoms with E-state index < -0.39 is 85.4 Å². The van der Waals surface area contributed by atoms with Crippen molar-refractivity contribution in [3.05, 3.63) is 143 Å². The minimum absolute atomic E-state index is 0. The molecular weight excluding hydrogens is 1740 g/mol. The number of aromatic nitrogens is 16. The standard InChI is InChI=1S/C23H25ClN6O3.C20H20ClF3N6O.C19H17ClF4N6O.C19H18ClF3N6O.3H2/c1-6-25-22(31)23(2,3)30-21-14-8-17(32-4)18(33-5)9-16(14)28-20(29-21)15-11-27-19-13(15)7-12(24)10-26-19;1-2-12-3-4-15(19(31)28-10-20(22,23)24)30(12)16-5-6-25-18(29-16)14-9-27-17-13(14)7-11(21)8-26-17;1-9-2-3-14(18(31)28-8-19(22,23)24)30(9)17-13(21)7-27-16(29-17)12-6-26-15-11(12)4-10(20)5-25-15;1-10-2-3-14(18(30)27-9-19(21,22)23)29(10)15-4-5-24-17(28-15)13-8-26-16-12(13)6-11(20)7-25-16;;;/h7-11H,6H2,1-5H3,(H,25,31)(H,26,27)(H,28,29,30);5-9,12,15H,2-4,10H2,1H3,(H,26,27)(H,28,31);4-7,9,14H,2-3,8H2,1H3,(H,25,26)(H,28,31);4-8,10,14H,2-3,9H2,1H3,(H,25,26)(H,27,30);3*1H/t;12-,15+;9-,14+;10-,14+;;;/m.000.../s1. The van der Waals surface area contributed by atoms with Crippen molar-refractivity contribution < 1.29 is 76.8 Å². The van der Waals surface area contributed by atoms with E-state index in [2.05, 4.69) is 80.4 Å². The average molecular weight is 1820 g/mol. The monoisotopic (exact) mass is 1820 g/mol. The van der Waals surface area contributed by atoms with E-state index >= 15 is 0 Å². The van der Waals surface area contributed by atoms with E-state index in [1.807, 2.05) is 42.8 Å². The molecule has 0 unspecified atom stereocenters. The van der Waals surface area contributed by atoms with Crippen LogP contribution in [0.5, 0.6) is 11.5 Å². The summed E-state index contributed by atoms with van der Waals surface area (Å²) in [7, 11) is 3.13. The van der Waals surface area contributed by atoms with Crippen molar-refractivity contribution in [2.24, 2.45) is 0 Å². The minimum atomic E-state index is -4.54. The van der Waals surface area contributed by atoms with Crippen molar-refractivity contribution in [2.75, 3.05) is 60.4 Å². The summed E-state index contributed by atoms with van der Waals surface area (Å²) in [5.74, 6) is 0.704. The highest BCUT2D eigenvalue weighted by Gasteiger charge is 2.43. The number of rotatable bonds is 20. The van der Waals surface area contributed by atoms with Crippen molar-refractivity contribution in [3.8, 4) is 57.1 Å². The quantitative estimate of drug-likeness (QED) is 0.0320. The number of fused-ring (bicyclic) bond motifs is 5. The van der Waals surface area contributed by atoms with Crippen LogP contribution in [0, 0.1) is 5.82 Å². The van der Waals surface area contributed by atoms with Crippen LogP contribution < -0.4 is 50.8 Å². The fraction of sp³-hybridized carbons (Fsp3) is 0.358. The molecule has 0 bridgehead atoms. The maximum absolute atomic E-state index is 14.7. The number of pyridine rings is 4. The number of methoxy groups -OCH3 is 2. The molecule has 6 atom stereocenters. The van der Waals surface area contributed by atoms with Crippen LogP contribution in [0.25, 0.3) is 101 Å². The number of aromatic amines is 4. The Bertz CT molecular complexity index is 6160. The highest BCUT2D eigenvalue weighted by molar-refractivity contribution is 6.32. The first kappa shape index (κ1) is 90.4. The van der Waals surface area contributed by atoms with Gasteiger partial charge in [0.05, 0.1) is 46.0 Å². The van der Waals surface area contributed by atoms with Crippen LogP contribution in [0.4, 0.5) is 67.2 Å². The Balaban J connectivity index is 0.000000176. The largest absolute Gasteiger partial charge is 0.493 e. The molecule has 30 nitrogen and oxygen atoms in total. The van der Waals surface area contributed by atoms with E-state index in [4.69, 9.17) is 65.8 Å². The maximum Gasteiger partial charge on any atom is 0.405 e. The molecule has 125 heavy (non-hydrogen) atoms. The Morgan fingerprint density at radius 1 is 0.472 bits per heavy atom. The summed E-state index contributed by atoms with van der Waals surface area (Å²) >= 11 is 24.3. The summed E-state index contributed by atoms with van der Waals surface area (Å²) in [5, 5.41) is 17.4. The van der Waals surface area contributed by atoms with Gasteiger partial charge in [0.1, 0.15) is 83.3 Å². The number of alkyl halides is 9. The Morgan fingerprint density at radius 2 is 0.864 bits per heavy atom. The molecule has 3 fully saturated rings. The van der Waals surface area contributed by atoms with Crippen molar-refractivity contribution >= 4 is 148 Å². The number of H-pyrrole nitrogens is 4. The molecule has 0 spiro atoms. The lowest BCUT2D eigenvalue weighted by Gasteiger charge is -2.30. The Kier molecular flexibility index (Phi) is 27.2. The molecule has 664 valence electrons. The lowest BCUT2D eigenvalue weighted by atomic mass is 10.0. The van der Waals surface area contributed by atoms with Crippen molar-refractivity contribution in [2.45, 2.75) is 147 Å². The smallest absolute Gasteiger partial charge is 0.405 e. The number of hydrogen-bond acceptors (Lipinski definition) is 22. The Hall–Kier alpha value is -12.3. The van der Waals surface area contributed by atoms with E-state index in [1.54, 1.807) is 131 Å². The predicted molar refractivity (Wildman–Crippen MR) is 459 cm³/mol. The second-order valence-corrected chi connectivity index (χ2v) is 31.6. The molecule has 1 aromatic carbocycles. The molecule has 44 heteroatoms. The average Bonchev–Trinajstić information content (AvgIpc) is 1.31. The molecule has 12 aromatic heterocycles. The zero-order valence-electron chi connectivity index (χ0n) is 67.7. The SMILES string of the molecule is CCNC(=O)C(C)(C)Nc1nc(-c2c[nH]c3ncc(Cl)cc23)nc2cc(OC)c(OC)cc12.CC[C@H]1CC[C@H](C(=O)NCC(F)(F)F)N1c1ccnc(-c2c[nH]c3ncc(Cl)cc23)n1.C[C@H]1CC[C@H](C(=O)NCC(F)(F)F)N1c1ccnc(-c2c[nH]c3ncc(Cl)cc23)n1.C[C@H]1CC[C@H](C(=O)NCC(F)(F)F)N1c1nc(-c2c[nH]c3ncc(Cl)cc23)ncc1F.[HH].[HH].[HH]. The number of nitrogens with zero attached hydrogens (tertiary/aromatic N) is 15. The Morgan fingerprint density at radius 3 is 1.29 bits per heavy atom. The van der Waals surface area contributed by atoms with Crippen LogP contribution in [0.15, 0.2) is 117 Å². The van der Waals surface area contributed by atoms with Gasteiger partial charge in [-0.05, 0) is 122 Å². The van der Waals surface area contributed by atoms with Gasteiger partial charge in [-0.3, -0.25) is 19.2 Å². The number of carbonyl (C=O) groups excluding carboxylic acids is 4. The molecule has 3 aliphatic rings. The van der Waals surface area contributed by atoms with Crippen molar-refractivity contribution in [3.63, 3.8) is 0 Å². The number of likely N-dealkylation sites (N-methyl/N-ethyl adjacent to an activating group) is 1. The van der Waals surface area contributed by atoms with E-state index in [1.165, 1.54) is 23.5 Å². The minimum Gasteiger partial charge on any atom is -0.493 e. The third-order valence-electron chi connectivity index (χ3n) is 20.9. The normalized spacial score (nSPS) is 17.2.